The molecule has 2 saturated heterocycles. The Bertz CT molecular complexity index is 725. The average Bonchev–Trinajstić information content (AvgIpc) is 3.38. The summed E-state index contributed by atoms with van der Waals surface area (Å²) in [7, 11) is 0. The van der Waals surface area contributed by atoms with E-state index in [1.54, 1.807) is 18.4 Å². The van der Waals surface area contributed by atoms with Gasteiger partial charge in [-0.3, -0.25) is 4.79 Å². The summed E-state index contributed by atoms with van der Waals surface area (Å²) in [5, 5.41) is 7.06. The Labute approximate surface area is 159 Å². The minimum absolute atomic E-state index is 0.119. The van der Waals surface area contributed by atoms with Crippen LogP contribution in [0.15, 0.2) is 27.3 Å². The summed E-state index contributed by atoms with van der Waals surface area (Å²) in [5.41, 5.74) is 0. The van der Waals surface area contributed by atoms with E-state index in [0.717, 1.165) is 6.54 Å². The van der Waals surface area contributed by atoms with Crippen molar-refractivity contribution in [3.63, 3.8) is 0 Å². The average molecular weight is 372 g/mol. The molecule has 0 unspecified atom stereocenters. The minimum Gasteiger partial charge on any atom is -0.461 e. The molecule has 7 nitrogen and oxygen atoms in total. The topological polar surface area (TPSA) is 84.4 Å². The molecule has 2 atom stereocenters. The van der Waals surface area contributed by atoms with Gasteiger partial charge in [-0.2, -0.15) is 4.98 Å². The number of amides is 1. The van der Waals surface area contributed by atoms with Crippen LogP contribution < -0.4 is 5.32 Å². The van der Waals surface area contributed by atoms with E-state index < -0.39 is 0 Å². The number of aromatic nitrogens is 2. The largest absolute Gasteiger partial charge is 0.461 e. The van der Waals surface area contributed by atoms with Gasteiger partial charge in [0.05, 0.1) is 6.26 Å². The van der Waals surface area contributed by atoms with Crippen molar-refractivity contribution in [2.75, 3.05) is 19.6 Å². The number of rotatable bonds is 7. The van der Waals surface area contributed by atoms with Crippen molar-refractivity contribution in [2.24, 2.45) is 5.92 Å². The number of carbonyl (C=O) groups excluding carboxylic acids is 1. The zero-order valence-corrected chi connectivity index (χ0v) is 15.7. The van der Waals surface area contributed by atoms with Gasteiger partial charge in [-0.05, 0) is 63.2 Å². The van der Waals surface area contributed by atoms with Crippen LogP contribution in [0.25, 0.3) is 11.6 Å². The molecule has 0 aromatic carbocycles. The predicted molar refractivity (Wildman–Crippen MR) is 99.9 cm³/mol. The van der Waals surface area contributed by atoms with Crippen LogP contribution in [0.3, 0.4) is 0 Å². The third-order valence-corrected chi connectivity index (χ3v) is 5.79. The molecule has 4 heterocycles. The molecule has 7 heteroatoms. The Morgan fingerprint density at radius 1 is 1.26 bits per heavy atom. The lowest BCUT2D eigenvalue weighted by molar-refractivity contribution is -0.121. The maximum Gasteiger partial charge on any atom is 0.238 e. The highest BCUT2D eigenvalue weighted by molar-refractivity contribution is 5.75. The van der Waals surface area contributed by atoms with Crippen molar-refractivity contribution in [3.05, 3.63) is 24.3 Å². The molecule has 2 aliphatic heterocycles. The second kappa shape index (κ2) is 8.69. The molecule has 0 radical (unpaired) electrons. The third-order valence-electron chi connectivity index (χ3n) is 5.79. The standard InChI is InChI=1S/C20H28N4O3/c25-18(21-14-15-6-4-12-24-11-2-1-7-16(15)24)9-3-10-19-22-20(23-27-19)17-8-5-13-26-17/h5,8,13,15-16H,1-4,6-7,9-12,14H2,(H,21,25)/t15-,16-/m0/s1. The van der Waals surface area contributed by atoms with Gasteiger partial charge in [0.25, 0.3) is 0 Å². The molecule has 2 aromatic heterocycles. The first kappa shape index (κ1) is 18.2. The van der Waals surface area contributed by atoms with Crippen molar-refractivity contribution in [1.29, 1.82) is 0 Å². The van der Waals surface area contributed by atoms with Crippen LogP contribution in [-0.4, -0.2) is 46.6 Å². The van der Waals surface area contributed by atoms with Crippen LogP contribution in [0.5, 0.6) is 0 Å². The molecule has 0 saturated carbocycles. The molecule has 0 aliphatic carbocycles. The van der Waals surface area contributed by atoms with Crippen molar-refractivity contribution >= 4 is 5.91 Å². The van der Waals surface area contributed by atoms with Crippen molar-refractivity contribution < 1.29 is 13.7 Å². The van der Waals surface area contributed by atoms with E-state index in [4.69, 9.17) is 8.94 Å². The van der Waals surface area contributed by atoms with Crippen LogP contribution in [0.2, 0.25) is 0 Å². The normalized spacial score (nSPS) is 23.1. The molecule has 4 rings (SSSR count). The fraction of sp³-hybridized carbons (Fsp3) is 0.650. The van der Waals surface area contributed by atoms with Gasteiger partial charge in [0, 0.05) is 25.4 Å². The first-order chi connectivity index (χ1) is 13.3. The number of nitrogens with zero attached hydrogens (tertiary/aromatic N) is 3. The lowest BCUT2D eigenvalue weighted by Crippen LogP contribution is -2.50. The van der Waals surface area contributed by atoms with Crippen LogP contribution in [0.4, 0.5) is 0 Å². The quantitative estimate of drug-likeness (QED) is 0.804. The smallest absolute Gasteiger partial charge is 0.238 e. The van der Waals surface area contributed by atoms with Crippen molar-refractivity contribution in [1.82, 2.24) is 20.4 Å². The summed E-state index contributed by atoms with van der Waals surface area (Å²) >= 11 is 0. The molecule has 1 N–H and O–H groups in total. The van der Waals surface area contributed by atoms with Crippen molar-refractivity contribution in [3.8, 4) is 11.6 Å². The van der Waals surface area contributed by atoms with Gasteiger partial charge in [0.2, 0.25) is 17.6 Å². The van der Waals surface area contributed by atoms with E-state index in [0.29, 0.717) is 48.7 Å². The van der Waals surface area contributed by atoms with E-state index in [-0.39, 0.29) is 5.91 Å². The van der Waals surface area contributed by atoms with Gasteiger partial charge in [-0.15, -0.1) is 0 Å². The van der Waals surface area contributed by atoms with Crippen LogP contribution >= 0.6 is 0 Å². The molecule has 1 amide bonds. The third kappa shape index (κ3) is 4.58. The molecule has 0 bridgehead atoms. The first-order valence-electron chi connectivity index (χ1n) is 10.2. The predicted octanol–water partition coefficient (Wildman–Crippen LogP) is 3.03. The zero-order valence-electron chi connectivity index (χ0n) is 15.7. The van der Waals surface area contributed by atoms with Gasteiger partial charge in [-0.25, -0.2) is 0 Å². The lowest BCUT2D eigenvalue weighted by Gasteiger charge is -2.44. The lowest BCUT2D eigenvalue weighted by atomic mass is 9.83. The fourth-order valence-electron chi connectivity index (χ4n) is 4.41. The van der Waals surface area contributed by atoms with Gasteiger partial charge in [0.15, 0.2) is 5.76 Å². The summed E-state index contributed by atoms with van der Waals surface area (Å²) in [5.74, 6) is 2.31. The zero-order chi connectivity index (χ0) is 18.5. The number of furan rings is 1. The number of piperidine rings is 2. The molecular weight excluding hydrogens is 344 g/mol. The number of nitrogens with one attached hydrogen (secondary N) is 1. The summed E-state index contributed by atoms with van der Waals surface area (Å²) in [6, 6.07) is 4.25. The maximum absolute atomic E-state index is 12.2. The molecule has 2 aliphatic rings. The Morgan fingerprint density at radius 2 is 2.19 bits per heavy atom. The number of carbonyl (C=O) groups is 1. The van der Waals surface area contributed by atoms with E-state index in [9.17, 15) is 4.79 Å². The highest BCUT2D eigenvalue weighted by Crippen LogP contribution is 2.30. The highest BCUT2D eigenvalue weighted by Gasteiger charge is 2.32. The van der Waals surface area contributed by atoms with E-state index in [1.165, 1.54) is 45.2 Å². The van der Waals surface area contributed by atoms with Gasteiger partial charge >= 0.3 is 0 Å². The maximum atomic E-state index is 12.2. The Morgan fingerprint density at radius 3 is 3.07 bits per heavy atom. The summed E-state index contributed by atoms with van der Waals surface area (Å²) in [6.07, 6.45) is 9.80. The molecular formula is C20H28N4O3. The summed E-state index contributed by atoms with van der Waals surface area (Å²) in [6.45, 7) is 3.28. The highest BCUT2D eigenvalue weighted by atomic mass is 16.5. The molecule has 27 heavy (non-hydrogen) atoms. The van der Waals surface area contributed by atoms with E-state index >= 15 is 0 Å². The first-order valence-corrected chi connectivity index (χ1v) is 10.2. The number of aryl methyl sites for hydroxylation is 1. The fourth-order valence-corrected chi connectivity index (χ4v) is 4.41. The second-order valence-corrected chi connectivity index (χ2v) is 7.65. The summed E-state index contributed by atoms with van der Waals surface area (Å²) < 4.78 is 10.5. The van der Waals surface area contributed by atoms with Crippen LogP contribution in [0, 0.1) is 5.92 Å². The Balaban J connectivity index is 1.18. The van der Waals surface area contributed by atoms with Crippen molar-refractivity contribution in [2.45, 2.75) is 57.4 Å². The van der Waals surface area contributed by atoms with E-state index in [2.05, 4.69) is 20.4 Å². The Hall–Kier alpha value is -2.15. The minimum atomic E-state index is 0.119. The number of hydrogen-bond acceptors (Lipinski definition) is 6. The SMILES string of the molecule is O=C(CCCc1nc(-c2ccco2)no1)NC[C@@H]1CCCN2CCCC[C@@H]12. The van der Waals surface area contributed by atoms with Gasteiger partial charge in [-0.1, -0.05) is 11.6 Å². The molecule has 0 spiro atoms. The number of hydrogen-bond donors (Lipinski definition) is 1. The number of fused-ring (bicyclic) bond motifs is 1. The molecule has 146 valence electrons. The van der Waals surface area contributed by atoms with Gasteiger partial charge < -0.3 is 19.2 Å². The monoisotopic (exact) mass is 372 g/mol. The van der Waals surface area contributed by atoms with E-state index in [1.807, 2.05) is 0 Å². The van der Waals surface area contributed by atoms with Gasteiger partial charge in [0.1, 0.15) is 0 Å². The second-order valence-electron chi connectivity index (χ2n) is 7.65. The molecule has 2 fully saturated rings. The van der Waals surface area contributed by atoms with Crippen LogP contribution in [0.1, 0.15) is 50.8 Å². The summed E-state index contributed by atoms with van der Waals surface area (Å²) in [4.78, 5) is 19.2. The van der Waals surface area contributed by atoms with Crippen LogP contribution in [-0.2, 0) is 11.2 Å². The Kier molecular flexibility index (Phi) is 5.87. The molecule has 2 aromatic rings.